The zero-order valence-electron chi connectivity index (χ0n) is 11.4. The van der Waals surface area contributed by atoms with E-state index in [-0.39, 0.29) is 5.82 Å². The first-order valence-electron chi connectivity index (χ1n) is 6.85. The smallest absolute Gasteiger partial charge is 0.123 e. The Morgan fingerprint density at radius 3 is 2.52 bits per heavy atom. The van der Waals surface area contributed by atoms with Gasteiger partial charge in [0.1, 0.15) is 5.82 Å². The van der Waals surface area contributed by atoms with Gasteiger partial charge in [0.25, 0.3) is 0 Å². The number of halogens is 2. The highest BCUT2D eigenvalue weighted by Gasteiger charge is 2.03. The molecule has 0 spiro atoms. The molecule has 0 heterocycles. The lowest BCUT2D eigenvalue weighted by Gasteiger charge is -2.09. The zero-order valence-corrected chi connectivity index (χ0v) is 13.0. The SMILES string of the molecule is Fc1ccc(Br)c(CNCc2cccc3ccccc23)c1. The number of fused-ring (bicyclic) bond motifs is 1. The van der Waals surface area contributed by atoms with Gasteiger partial charge in [-0.15, -0.1) is 0 Å². The lowest BCUT2D eigenvalue weighted by Crippen LogP contribution is -2.13. The summed E-state index contributed by atoms with van der Waals surface area (Å²) in [5, 5.41) is 5.88. The molecule has 0 aromatic heterocycles. The van der Waals surface area contributed by atoms with Crippen LogP contribution in [0.3, 0.4) is 0 Å². The highest BCUT2D eigenvalue weighted by atomic mass is 79.9. The minimum Gasteiger partial charge on any atom is -0.309 e. The standard InChI is InChI=1S/C18H15BrFN/c19-18-9-8-16(20)10-15(18)12-21-11-14-6-3-5-13-4-1-2-7-17(13)14/h1-10,21H,11-12H2. The summed E-state index contributed by atoms with van der Waals surface area (Å²) >= 11 is 3.45. The van der Waals surface area contributed by atoms with E-state index in [1.165, 1.54) is 22.4 Å². The van der Waals surface area contributed by atoms with Crippen molar-refractivity contribution in [3.63, 3.8) is 0 Å². The molecular weight excluding hydrogens is 329 g/mol. The fourth-order valence-corrected chi connectivity index (χ4v) is 2.84. The van der Waals surface area contributed by atoms with Gasteiger partial charge in [0.05, 0.1) is 0 Å². The summed E-state index contributed by atoms with van der Waals surface area (Å²) in [7, 11) is 0. The first-order valence-corrected chi connectivity index (χ1v) is 7.64. The van der Waals surface area contributed by atoms with Crippen molar-refractivity contribution in [3.8, 4) is 0 Å². The highest BCUT2D eigenvalue weighted by Crippen LogP contribution is 2.20. The molecule has 106 valence electrons. The largest absolute Gasteiger partial charge is 0.309 e. The fraction of sp³-hybridized carbons (Fsp3) is 0.111. The van der Waals surface area contributed by atoms with E-state index in [0.29, 0.717) is 6.54 Å². The van der Waals surface area contributed by atoms with E-state index in [2.05, 4.69) is 57.6 Å². The Balaban J connectivity index is 1.74. The Morgan fingerprint density at radius 2 is 1.62 bits per heavy atom. The fourth-order valence-electron chi connectivity index (χ4n) is 2.46. The first kappa shape index (κ1) is 14.2. The Bertz CT molecular complexity index is 765. The van der Waals surface area contributed by atoms with E-state index >= 15 is 0 Å². The minimum atomic E-state index is -0.208. The third kappa shape index (κ3) is 3.31. The summed E-state index contributed by atoms with van der Waals surface area (Å²) in [6, 6.07) is 19.4. The summed E-state index contributed by atoms with van der Waals surface area (Å²) in [6.45, 7) is 1.38. The van der Waals surface area contributed by atoms with Gasteiger partial charge in [-0.1, -0.05) is 58.4 Å². The van der Waals surface area contributed by atoms with Gasteiger partial charge in [0, 0.05) is 17.6 Å². The molecular formula is C18H15BrFN. The number of nitrogens with one attached hydrogen (secondary N) is 1. The Labute approximate surface area is 131 Å². The second-order valence-electron chi connectivity index (χ2n) is 4.98. The van der Waals surface area contributed by atoms with Crippen molar-refractivity contribution in [2.75, 3.05) is 0 Å². The van der Waals surface area contributed by atoms with Gasteiger partial charge in [-0.3, -0.25) is 0 Å². The Hall–Kier alpha value is -1.71. The van der Waals surface area contributed by atoms with Gasteiger partial charge in [0.15, 0.2) is 0 Å². The second kappa shape index (κ2) is 6.37. The van der Waals surface area contributed by atoms with Crippen LogP contribution in [0.5, 0.6) is 0 Å². The van der Waals surface area contributed by atoms with Crippen LogP contribution >= 0.6 is 15.9 Å². The molecule has 0 unspecified atom stereocenters. The maximum Gasteiger partial charge on any atom is 0.123 e. The lowest BCUT2D eigenvalue weighted by atomic mass is 10.0. The normalized spacial score (nSPS) is 11.0. The summed E-state index contributed by atoms with van der Waals surface area (Å²) in [4.78, 5) is 0. The average molecular weight is 344 g/mol. The average Bonchev–Trinajstić information content (AvgIpc) is 2.51. The van der Waals surface area contributed by atoms with Gasteiger partial charge >= 0.3 is 0 Å². The monoisotopic (exact) mass is 343 g/mol. The van der Waals surface area contributed by atoms with Crippen LogP contribution in [-0.2, 0) is 13.1 Å². The third-order valence-corrected chi connectivity index (χ3v) is 4.29. The molecule has 0 radical (unpaired) electrons. The molecule has 1 nitrogen and oxygen atoms in total. The van der Waals surface area contributed by atoms with Crippen LogP contribution < -0.4 is 5.32 Å². The van der Waals surface area contributed by atoms with Gasteiger partial charge < -0.3 is 5.32 Å². The molecule has 3 aromatic rings. The molecule has 0 saturated heterocycles. The van der Waals surface area contributed by atoms with E-state index in [1.54, 1.807) is 12.1 Å². The van der Waals surface area contributed by atoms with Gasteiger partial charge in [-0.25, -0.2) is 4.39 Å². The molecule has 21 heavy (non-hydrogen) atoms. The topological polar surface area (TPSA) is 12.0 Å². The van der Waals surface area contributed by atoms with Crippen molar-refractivity contribution < 1.29 is 4.39 Å². The number of benzene rings is 3. The van der Waals surface area contributed by atoms with Crippen LogP contribution in [0.25, 0.3) is 10.8 Å². The van der Waals surface area contributed by atoms with E-state index in [1.807, 2.05) is 6.07 Å². The van der Waals surface area contributed by atoms with E-state index in [9.17, 15) is 4.39 Å². The van der Waals surface area contributed by atoms with Gasteiger partial charge in [-0.2, -0.15) is 0 Å². The minimum absolute atomic E-state index is 0.208. The van der Waals surface area contributed by atoms with Gasteiger partial charge in [0.2, 0.25) is 0 Å². The molecule has 0 fully saturated rings. The van der Waals surface area contributed by atoms with Crippen LogP contribution in [0.4, 0.5) is 4.39 Å². The molecule has 0 aliphatic heterocycles. The van der Waals surface area contributed by atoms with Crippen molar-refractivity contribution in [2.45, 2.75) is 13.1 Å². The van der Waals surface area contributed by atoms with Crippen LogP contribution in [0.2, 0.25) is 0 Å². The first-order chi connectivity index (χ1) is 10.2. The summed E-state index contributed by atoms with van der Waals surface area (Å²) < 4.78 is 14.2. The maximum atomic E-state index is 13.3. The highest BCUT2D eigenvalue weighted by molar-refractivity contribution is 9.10. The second-order valence-corrected chi connectivity index (χ2v) is 5.83. The van der Waals surface area contributed by atoms with Crippen molar-refractivity contribution in [1.82, 2.24) is 5.32 Å². The number of hydrogen-bond acceptors (Lipinski definition) is 1. The predicted octanol–water partition coefficient (Wildman–Crippen LogP) is 5.03. The molecule has 3 aromatic carbocycles. The van der Waals surface area contributed by atoms with Crippen LogP contribution in [-0.4, -0.2) is 0 Å². The van der Waals surface area contributed by atoms with Crippen molar-refractivity contribution in [2.24, 2.45) is 0 Å². The summed E-state index contributed by atoms with van der Waals surface area (Å²) in [5.41, 5.74) is 2.18. The number of hydrogen-bond donors (Lipinski definition) is 1. The quantitative estimate of drug-likeness (QED) is 0.700. The van der Waals surface area contributed by atoms with E-state index in [0.717, 1.165) is 16.6 Å². The van der Waals surface area contributed by atoms with E-state index in [4.69, 9.17) is 0 Å². The molecule has 3 rings (SSSR count). The molecule has 3 heteroatoms. The predicted molar refractivity (Wildman–Crippen MR) is 88.6 cm³/mol. The Kier molecular flexibility index (Phi) is 4.32. The van der Waals surface area contributed by atoms with Crippen LogP contribution in [0, 0.1) is 5.82 Å². The third-order valence-electron chi connectivity index (χ3n) is 3.52. The Morgan fingerprint density at radius 1 is 0.857 bits per heavy atom. The molecule has 0 aliphatic rings. The van der Waals surface area contributed by atoms with Crippen molar-refractivity contribution in [1.29, 1.82) is 0 Å². The molecule has 0 aliphatic carbocycles. The molecule has 0 saturated carbocycles. The van der Waals surface area contributed by atoms with Crippen LogP contribution in [0.15, 0.2) is 65.1 Å². The maximum absolute atomic E-state index is 13.3. The summed E-state index contributed by atoms with van der Waals surface area (Å²) in [5.74, 6) is -0.208. The lowest BCUT2D eigenvalue weighted by molar-refractivity contribution is 0.619. The van der Waals surface area contributed by atoms with Crippen LogP contribution in [0.1, 0.15) is 11.1 Å². The van der Waals surface area contributed by atoms with Crippen molar-refractivity contribution >= 4 is 26.7 Å². The zero-order chi connectivity index (χ0) is 14.7. The van der Waals surface area contributed by atoms with E-state index < -0.39 is 0 Å². The van der Waals surface area contributed by atoms with Crippen molar-refractivity contribution in [3.05, 3.63) is 82.1 Å². The summed E-state index contributed by atoms with van der Waals surface area (Å²) in [6.07, 6.45) is 0. The molecule has 0 atom stereocenters. The molecule has 0 bridgehead atoms. The molecule has 1 N–H and O–H groups in total. The number of rotatable bonds is 4. The van der Waals surface area contributed by atoms with Gasteiger partial charge in [-0.05, 0) is 40.1 Å². The molecule has 0 amide bonds.